The third-order valence-electron chi connectivity index (χ3n) is 5.04. The lowest BCUT2D eigenvalue weighted by molar-refractivity contribution is 0.426. The maximum absolute atomic E-state index is 9.15. The van der Waals surface area contributed by atoms with E-state index in [1.54, 1.807) is 17.4 Å². The van der Waals surface area contributed by atoms with Gasteiger partial charge in [0, 0.05) is 39.4 Å². The Balaban J connectivity index is 0.000000130. The van der Waals surface area contributed by atoms with Gasteiger partial charge in [0.25, 0.3) is 0 Å². The normalized spacial score (nSPS) is 11.2. The van der Waals surface area contributed by atoms with E-state index in [-0.39, 0.29) is 0 Å². The van der Waals surface area contributed by atoms with Crippen molar-refractivity contribution in [2.75, 3.05) is 0 Å². The first kappa shape index (κ1) is 19.7. The molecule has 0 radical (unpaired) electrons. The molecule has 0 aliphatic heterocycles. The second kappa shape index (κ2) is 8.14. The van der Waals surface area contributed by atoms with Crippen LogP contribution >= 0.6 is 38.6 Å². The van der Waals surface area contributed by atoms with Gasteiger partial charge in [-0.25, -0.2) is 0 Å². The summed E-state index contributed by atoms with van der Waals surface area (Å²) in [7, 11) is -1.40. The highest BCUT2D eigenvalue weighted by atomic mass is 79.9. The van der Waals surface area contributed by atoms with Crippen molar-refractivity contribution in [3.63, 3.8) is 0 Å². The standard InChI is InChI=1S/C12H9BO2S.C12H7BrS/c14-13(15)8-5-6-12-10(7-8)9-3-1-2-4-11(9)16-12;13-8-5-6-12-10(7-8)9-3-1-2-4-11(9)14-12/h1-7,14-15H;1-7H. The van der Waals surface area contributed by atoms with Crippen molar-refractivity contribution in [2.45, 2.75) is 0 Å². The quantitative estimate of drug-likeness (QED) is 0.256. The molecule has 0 amide bonds. The first-order chi connectivity index (χ1) is 14.6. The second-order valence-electron chi connectivity index (χ2n) is 6.97. The molecule has 146 valence electrons. The first-order valence-corrected chi connectivity index (χ1v) is 11.9. The Kier molecular flexibility index (Phi) is 5.35. The Bertz CT molecular complexity index is 1500. The van der Waals surface area contributed by atoms with Crippen LogP contribution in [0.3, 0.4) is 0 Å². The zero-order chi connectivity index (χ0) is 20.7. The molecule has 6 aromatic rings. The Hall–Kier alpha value is -2.22. The second-order valence-corrected chi connectivity index (χ2v) is 10.0. The molecule has 6 rings (SSSR count). The molecular weight excluding hydrogens is 475 g/mol. The molecule has 0 spiro atoms. The summed E-state index contributed by atoms with van der Waals surface area (Å²) in [6.45, 7) is 0. The Morgan fingerprint density at radius 1 is 0.567 bits per heavy atom. The Morgan fingerprint density at radius 2 is 1.07 bits per heavy atom. The van der Waals surface area contributed by atoms with Crippen LogP contribution in [0.25, 0.3) is 40.3 Å². The molecule has 6 heteroatoms. The molecule has 0 fully saturated rings. The van der Waals surface area contributed by atoms with Crippen LogP contribution < -0.4 is 5.46 Å². The van der Waals surface area contributed by atoms with Crippen molar-refractivity contribution in [1.29, 1.82) is 0 Å². The fraction of sp³-hybridized carbons (Fsp3) is 0. The molecule has 4 aromatic carbocycles. The minimum absolute atomic E-state index is 0.538. The Morgan fingerprint density at radius 3 is 1.67 bits per heavy atom. The molecule has 30 heavy (non-hydrogen) atoms. The molecule has 2 heterocycles. The van der Waals surface area contributed by atoms with Crippen LogP contribution in [0.4, 0.5) is 0 Å². The number of halogens is 1. The lowest BCUT2D eigenvalue weighted by Gasteiger charge is -1.98. The number of benzene rings is 4. The molecule has 2 nitrogen and oxygen atoms in total. The van der Waals surface area contributed by atoms with E-state index in [1.807, 2.05) is 35.6 Å². The molecule has 0 aliphatic rings. The molecule has 0 saturated carbocycles. The molecule has 0 atom stereocenters. The highest BCUT2D eigenvalue weighted by Crippen LogP contribution is 2.35. The maximum atomic E-state index is 9.15. The van der Waals surface area contributed by atoms with Crippen LogP contribution in [0, 0.1) is 0 Å². The van der Waals surface area contributed by atoms with Gasteiger partial charge in [-0.1, -0.05) is 64.5 Å². The van der Waals surface area contributed by atoms with E-state index < -0.39 is 7.12 Å². The summed E-state index contributed by atoms with van der Waals surface area (Å²) in [5, 5.41) is 23.3. The maximum Gasteiger partial charge on any atom is 0.488 e. The van der Waals surface area contributed by atoms with Gasteiger partial charge in [-0.05, 0) is 47.2 Å². The van der Waals surface area contributed by atoms with Crippen molar-refractivity contribution < 1.29 is 10.0 Å². The van der Waals surface area contributed by atoms with Gasteiger partial charge >= 0.3 is 7.12 Å². The largest absolute Gasteiger partial charge is 0.488 e. The van der Waals surface area contributed by atoms with Gasteiger partial charge in [-0.15, -0.1) is 22.7 Å². The van der Waals surface area contributed by atoms with E-state index >= 15 is 0 Å². The van der Waals surface area contributed by atoms with Gasteiger partial charge < -0.3 is 10.0 Å². The Labute approximate surface area is 190 Å². The monoisotopic (exact) mass is 490 g/mol. The molecule has 0 unspecified atom stereocenters. The number of hydrogen-bond acceptors (Lipinski definition) is 4. The number of hydrogen-bond donors (Lipinski definition) is 2. The number of thiophene rings is 2. The summed E-state index contributed by atoms with van der Waals surface area (Å²) in [6, 6.07) is 28.7. The van der Waals surface area contributed by atoms with Gasteiger partial charge in [-0.3, -0.25) is 0 Å². The van der Waals surface area contributed by atoms with Gasteiger partial charge in [-0.2, -0.15) is 0 Å². The summed E-state index contributed by atoms with van der Waals surface area (Å²) >= 11 is 7.08. The van der Waals surface area contributed by atoms with Gasteiger partial charge in [0.05, 0.1) is 0 Å². The highest BCUT2D eigenvalue weighted by Gasteiger charge is 2.13. The molecule has 0 bridgehead atoms. The molecule has 0 saturated heterocycles. The van der Waals surface area contributed by atoms with Crippen molar-refractivity contribution in [3.05, 3.63) is 89.4 Å². The van der Waals surface area contributed by atoms with E-state index in [1.165, 1.54) is 35.0 Å². The van der Waals surface area contributed by atoms with Crippen molar-refractivity contribution in [2.24, 2.45) is 0 Å². The smallest absolute Gasteiger partial charge is 0.423 e. The van der Waals surface area contributed by atoms with Gasteiger partial charge in [0.2, 0.25) is 0 Å². The van der Waals surface area contributed by atoms with E-state index in [2.05, 4.69) is 70.5 Å². The van der Waals surface area contributed by atoms with Crippen LogP contribution in [0.15, 0.2) is 89.4 Å². The zero-order valence-corrected chi connectivity index (χ0v) is 19.0. The topological polar surface area (TPSA) is 40.5 Å². The van der Waals surface area contributed by atoms with E-state index in [0.717, 1.165) is 9.86 Å². The number of rotatable bonds is 1. The van der Waals surface area contributed by atoms with Crippen molar-refractivity contribution >= 4 is 91.5 Å². The summed E-state index contributed by atoms with van der Waals surface area (Å²) in [5.74, 6) is 0. The third-order valence-corrected chi connectivity index (χ3v) is 7.83. The lowest BCUT2D eigenvalue weighted by Crippen LogP contribution is -2.29. The zero-order valence-electron chi connectivity index (χ0n) is 15.7. The average Bonchev–Trinajstić information content (AvgIpc) is 3.31. The molecule has 0 aliphatic carbocycles. The third kappa shape index (κ3) is 3.66. The van der Waals surface area contributed by atoms with Crippen LogP contribution in [0.5, 0.6) is 0 Å². The lowest BCUT2D eigenvalue weighted by atomic mass is 9.80. The fourth-order valence-corrected chi connectivity index (χ4v) is 6.14. The minimum Gasteiger partial charge on any atom is -0.423 e. The molecule has 2 N–H and O–H groups in total. The van der Waals surface area contributed by atoms with Gasteiger partial charge in [0.1, 0.15) is 0 Å². The predicted octanol–water partition coefficient (Wildman–Crippen LogP) is 6.55. The molecule has 2 aromatic heterocycles. The predicted molar refractivity (Wildman–Crippen MR) is 136 cm³/mol. The summed E-state index contributed by atoms with van der Waals surface area (Å²) in [6.07, 6.45) is 0. The van der Waals surface area contributed by atoms with Crippen molar-refractivity contribution in [3.8, 4) is 0 Å². The van der Waals surface area contributed by atoms with Gasteiger partial charge in [0.15, 0.2) is 0 Å². The minimum atomic E-state index is -1.40. The summed E-state index contributed by atoms with van der Waals surface area (Å²) < 4.78 is 6.26. The average molecular weight is 491 g/mol. The first-order valence-electron chi connectivity index (χ1n) is 9.44. The van der Waals surface area contributed by atoms with E-state index in [4.69, 9.17) is 10.0 Å². The number of fused-ring (bicyclic) bond motifs is 6. The molecular formula is C24H16BBrO2S2. The van der Waals surface area contributed by atoms with E-state index in [0.29, 0.717) is 5.46 Å². The highest BCUT2D eigenvalue weighted by molar-refractivity contribution is 9.10. The van der Waals surface area contributed by atoms with E-state index in [9.17, 15) is 0 Å². The summed E-state index contributed by atoms with van der Waals surface area (Å²) in [5.41, 5.74) is 0.538. The van der Waals surface area contributed by atoms with Crippen LogP contribution in [0.1, 0.15) is 0 Å². The fourth-order valence-electron chi connectivity index (χ4n) is 3.60. The van der Waals surface area contributed by atoms with Crippen LogP contribution in [0.2, 0.25) is 0 Å². The van der Waals surface area contributed by atoms with Crippen molar-refractivity contribution in [1.82, 2.24) is 0 Å². The SMILES string of the molecule is Brc1ccc2sc3ccccc3c2c1.OB(O)c1ccc2sc3ccccc3c2c1. The van der Waals surface area contributed by atoms with Crippen LogP contribution in [-0.2, 0) is 0 Å². The summed E-state index contributed by atoms with van der Waals surface area (Å²) in [4.78, 5) is 0. The van der Waals surface area contributed by atoms with Crippen LogP contribution in [-0.4, -0.2) is 17.2 Å².